The predicted octanol–water partition coefficient (Wildman–Crippen LogP) is 4.29. The van der Waals surface area contributed by atoms with Crippen molar-refractivity contribution in [3.05, 3.63) is 70.0 Å². The molecule has 0 saturated carbocycles. The fourth-order valence-corrected chi connectivity index (χ4v) is 2.49. The Morgan fingerprint density at radius 2 is 1.95 bits per heavy atom. The van der Waals surface area contributed by atoms with Gasteiger partial charge in [0.2, 0.25) is 0 Å². The first-order valence-corrected chi connectivity index (χ1v) is 6.66. The van der Waals surface area contributed by atoms with Gasteiger partial charge in [0.25, 0.3) is 0 Å². The molecule has 2 rings (SSSR count). The van der Waals surface area contributed by atoms with Gasteiger partial charge >= 0.3 is 0 Å². The molecule has 2 aromatic carbocycles. The van der Waals surface area contributed by atoms with Crippen molar-refractivity contribution in [1.82, 2.24) is 5.32 Å². The lowest BCUT2D eigenvalue weighted by molar-refractivity contribution is 0.577. The molecule has 19 heavy (non-hydrogen) atoms. The standard InChI is InChI=1S/C16H17ClFN/c1-11-5-3-6-12(9-11)10-15(19-2)13-7-4-8-14(18)16(13)17/h3-9,15,19H,10H2,1-2H3. The summed E-state index contributed by atoms with van der Waals surface area (Å²) in [5.41, 5.74) is 3.23. The number of hydrogen-bond donors (Lipinski definition) is 1. The Labute approximate surface area is 118 Å². The van der Waals surface area contributed by atoms with Crippen LogP contribution in [0.4, 0.5) is 4.39 Å². The van der Waals surface area contributed by atoms with E-state index in [-0.39, 0.29) is 16.9 Å². The number of rotatable bonds is 4. The highest BCUT2D eigenvalue weighted by atomic mass is 35.5. The monoisotopic (exact) mass is 277 g/mol. The summed E-state index contributed by atoms with van der Waals surface area (Å²) in [7, 11) is 1.86. The van der Waals surface area contributed by atoms with Crippen molar-refractivity contribution in [2.45, 2.75) is 19.4 Å². The van der Waals surface area contributed by atoms with Crippen molar-refractivity contribution in [3.8, 4) is 0 Å². The lowest BCUT2D eigenvalue weighted by Gasteiger charge is -2.18. The van der Waals surface area contributed by atoms with Gasteiger partial charge in [-0.05, 0) is 37.6 Å². The van der Waals surface area contributed by atoms with E-state index in [0.29, 0.717) is 0 Å². The second kappa shape index (κ2) is 6.18. The Morgan fingerprint density at radius 1 is 1.21 bits per heavy atom. The quantitative estimate of drug-likeness (QED) is 0.879. The van der Waals surface area contributed by atoms with Crippen LogP contribution in [0.25, 0.3) is 0 Å². The molecule has 0 heterocycles. The molecule has 0 aromatic heterocycles. The summed E-state index contributed by atoms with van der Waals surface area (Å²) < 4.78 is 13.5. The van der Waals surface area contributed by atoms with E-state index < -0.39 is 0 Å². The van der Waals surface area contributed by atoms with E-state index in [0.717, 1.165) is 12.0 Å². The van der Waals surface area contributed by atoms with Gasteiger partial charge in [0.05, 0.1) is 5.02 Å². The highest BCUT2D eigenvalue weighted by molar-refractivity contribution is 6.31. The van der Waals surface area contributed by atoms with Crippen LogP contribution in [-0.2, 0) is 6.42 Å². The highest BCUT2D eigenvalue weighted by Gasteiger charge is 2.15. The normalized spacial score (nSPS) is 12.4. The van der Waals surface area contributed by atoms with Crippen molar-refractivity contribution in [2.24, 2.45) is 0 Å². The van der Waals surface area contributed by atoms with Crippen LogP contribution < -0.4 is 5.32 Å². The molecule has 1 nitrogen and oxygen atoms in total. The Hall–Kier alpha value is -1.38. The average Bonchev–Trinajstić information content (AvgIpc) is 2.40. The van der Waals surface area contributed by atoms with Crippen molar-refractivity contribution in [1.29, 1.82) is 0 Å². The van der Waals surface area contributed by atoms with Crippen LogP contribution in [0.1, 0.15) is 22.7 Å². The van der Waals surface area contributed by atoms with Gasteiger partial charge in [-0.1, -0.05) is 53.6 Å². The summed E-state index contributed by atoms with van der Waals surface area (Å²) in [5, 5.41) is 3.41. The van der Waals surface area contributed by atoms with Crippen LogP contribution in [0.3, 0.4) is 0 Å². The number of nitrogens with one attached hydrogen (secondary N) is 1. The van der Waals surface area contributed by atoms with Crippen molar-refractivity contribution >= 4 is 11.6 Å². The molecule has 0 aliphatic rings. The molecular weight excluding hydrogens is 261 g/mol. The summed E-state index contributed by atoms with van der Waals surface area (Å²) in [6.45, 7) is 2.06. The van der Waals surface area contributed by atoms with Crippen LogP contribution in [0.5, 0.6) is 0 Å². The molecule has 3 heteroatoms. The van der Waals surface area contributed by atoms with Crippen LogP contribution in [-0.4, -0.2) is 7.05 Å². The minimum Gasteiger partial charge on any atom is -0.313 e. The van der Waals surface area contributed by atoms with Gasteiger partial charge in [-0.3, -0.25) is 0 Å². The molecule has 1 unspecified atom stereocenters. The van der Waals surface area contributed by atoms with Gasteiger partial charge in [-0.15, -0.1) is 0 Å². The summed E-state index contributed by atoms with van der Waals surface area (Å²) >= 11 is 6.05. The zero-order valence-electron chi connectivity index (χ0n) is 11.1. The van der Waals surface area contributed by atoms with E-state index in [2.05, 4.69) is 30.4 Å². The predicted molar refractivity (Wildman–Crippen MR) is 78.1 cm³/mol. The number of aryl methyl sites for hydroxylation is 1. The van der Waals surface area contributed by atoms with E-state index in [1.165, 1.54) is 17.2 Å². The molecule has 0 aliphatic carbocycles. The third-order valence-corrected chi connectivity index (χ3v) is 3.63. The van der Waals surface area contributed by atoms with Crippen LogP contribution in [0, 0.1) is 12.7 Å². The van der Waals surface area contributed by atoms with Gasteiger partial charge in [0.15, 0.2) is 0 Å². The fourth-order valence-electron chi connectivity index (χ4n) is 2.23. The van der Waals surface area contributed by atoms with Gasteiger partial charge in [0, 0.05) is 6.04 Å². The molecule has 0 aliphatic heterocycles. The van der Waals surface area contributed by atoms with Crippen molar-refractivity contribution in [2.75, 3.05) is 7.05 Å². The molecule has 1 N–H and O–H groups in total. The van der Waals surface area contributed by atoms with Crippen LogP contribution >= 0.6 is 11.6 Å². The molecule has 0 fully saturated rings. The van der Waals surface area contributed by atoms with E-state index in [9.17, 15) is 4.39 Å². The van der Waals surface area contributed by atoms with Crippen LogP contribution in [0.15, 0.2) is 42.5 Å². The molecule has 2 aromatic rings. The molecule has 0 radical (unpaired) electrons. The smallest absolute Gasteiger partial charge is 0.142 e. The SMILES string of the molecule is CNC(Cc1cccc(C)c1)c1cccc(F)c1Cl. The number of likely N-dealkylation sites (N-methyl/N-ethyl adjacent to an activating group) is 1. The zero-order chi connectivity index (χ0) is 13.8. The maximum atomic E-state index is 13.5. The molecule has 0 bridgehead atoms. The Kier molecular flexibility index (Phi) is 4.56. The molecule has 1 atom stereocenters. The number of halogens is 2. The third kappa shape index (κ3) is 3.34. The number of benzene rings is 2. The Bertz CT molecular complexity index is 568. The largest absolute Gasteiger partial charge is 0.313 e. The van der Waals surface area contributed by atoms with Gasteiger partial charge in [-0.25, -0.2) is 4.39 Å². The molecule has 0 saturated heterocycles. The molecule has 100 valence electrons. The van der Waals surface area contributed by atoms with Gasteiger partial charge in [0.1, 0.15) is 5.82 Å². The van der Waals surface area contributed by atoms with Gasteiger partial charge < -0.3 is 5.32 Å². The van der Waals surface area contributed by atoms with Crippen molar-refractivity contribution in [3.63, 3.8) is 0 Å². The highest BCUT2D eigenvalue weighted by Crippen LogP contribution is 2.27. The lowest BCUT2D eigenvalue weighted by atomic mass is 9.98. The molecular formula is C16H17ClFN. The first kappa shape index (κ1) is 14.0. The second-order valence-electron chi connectivity index (χ2n) is 4.68. The first-order valence-electron chi connectivity index (χ1n) is 6.28. The summed E-state index contributed by atoms with van der Waals surface area (Å²) in [5.74, 6) is -0.372. The third-order valence-electron chi connectivity index (χ3n) is 3.23. The second-order valence-corrected chi connectivity index (χ2v) is 5.06. The average molecular weight is 278 g/mol. The van der Waals surface area contributed by atoms with E-state index in [4.69, 9.17) is 11.6 Å². The Morgan fingerprint density at radius 3 is 2.63 bits per heavy atom. The lowest BCUT2D eigenvalue weighted by Crippen LogP contribution is -2.19. The van der Waals surface area contributed by atoms with E-state index >= 15 is 0 Å². The maximum Gasteiger partial charge on any atom is 0.142 e. The molecule has 0 spiro atoms. The minimum absolute atomic E-state index is 0.00463. The maximum absolute atomic E-state index is 13.5. The summed E-state index contributed by atoms with van der Waals surface area (Å²) in [6.07, 6.45) is 0.779. The first-order chi connectivity index (χ1) is 9.11. The summed E-state index contributed by atoms with van der Waals surface area (Å²) in [6, 6.07) is 13.2. The molecule has 0 amide bonds. The zero-order valence-corrected chi connectivity index (χ0v) is 11.8. The fraction of sp³-hybridized carbons (Fsp3) is 0.250. The van der Waals surface area contributed by atoms with Crippen LogP contribution in [0.2, 0.25) is 5.02 Å². The topological polar surface area (TPSA) is 12.0 Å². The van der Waals surface area contributed by atoms with E-state index in [1.807, 2.05) is 19.2 Å². The van der Waals surface area contributed by atoms with Gasteiger partial charge in [-0.2, -0.15) is 0 Å². The Balaban J connectivity index is 2.28. The van der Waals surface area contributed by atoms with Crippen molar-refractivity contribution < 1.29 is 4.39 Å². The van der Waals surface area contributed by atoms with E-state index in [1.54, 1.807) is 6.07 Å². The summed E-state index contributed by atoms with van der Waals surface area (Å²) in [4.78, 5) is 0. The minimum atomic E-state index is -0.372. The number of hydrogen-bond acceptors (Lipinski definition) is 1.